The minimum Gasteiger partial charge on any atom is -0.464 e. The van der Waals surface area contributed by atoms with Crippen molar-refractivity contribution >= 4 is 11.7 Å². The van der Waals surface area contributed by atoms with E-state index in [9.17, 15) is 4.79 Å². The predicted molar refractivity (Wildman–Crippen MR) is 95.2 cm³/mol. The van der Waals surface area contributed by atoms with Gasteiger partial charge in [-0.2, -0.15) is 0 Å². The molecule has 1 aliphatic heterocycles. The maximum absolute atomic E-state index is 12.6. The number of carbonyl (C=O) groups is 1. The van der Waals surface area contributed by atoms with Gasteiger partial charge in [0.2, 0.25) is 5.91 Å². The molecule has 5 heteroatoms. The second-order valence-electron chi connectivity index (χ2n) is 6.29. The predicted octanol–water partition coefficient (Wildman–Crippen LogP) is 3.83. The van der Waals surface area contributed by atoms with Gasteiger partial charge in [0.05, 0.1) is 6.54 Å². The number of rotatable bonds is 3. The molecular weight excluding hydrogens is 314 g/mol. The van der Waals surface area contributed by atoms with E-state index in [4.69, 9.17) is 9.40 Å². The van der Waals surface area contributed by atoms with Crippen LogP contribution in [-0.2, 0) is 17.8 Å². The lowest BCUT2D eigenvalue weighted by Crippen LogP contribution is -2.36. The molecule has 0 saturated carbocycles. The number of anilines is 1. The molecule has 0 aliphatic carbocycles. The lowest BCUT2D eigenvalue weighted by molar-refractivity contribution is -0.119. The summed E-state index contributed by atoms with van der Waals surface area (Å²) in [5, 5.41) is 0. The third-order valence-corrected chi connectivity index (χ3v) is 4.48. The summed E-state index contributed by atoms with van der Waals surface area (Å²) in [6.07, 6.45) is 1.16. The molecule has 1 amide bonds. The van der Waals surface area contributed by atoms with Crippen LogP contribution < -0.4 is 4.90 Å². The van der Waals surface area contributed by atoms with Crippen LogP contribution in [0.4, 0.5) is 5.82 Å². The summed E-state index contributed by atoms with van der Waals surface area (Å²) in [6.45, 7) is 4.28. The average molecular weight is 333 g/mol. The van der Waals surface area contributed by atoms with Crippen LogP contribution >= 0.6 is 0 Å². The number of amides is 1. The molecule has 3 aromatic rings. The van der Waals surface area contributed by atoms with Gasteiger partial charge in [0.25, 0.3) is 0 Å². The quantitative estimate of drug-likeness (QED) is 0.731. The monoisotopic (exact) mass is 333 g/mol. The summed E-state index contributed by atoms with van der Waals surface area (Å²) in [4.78, 5) is 23.7. The normalized spacial score (nSPS) is 13.8. The van der Waals surface area contributed by atoms with E-state index in [1.54, 1.807) is 4.90 Å². The van der Waals surface area contributed by atoms with E-state index < -0.39 is 0 Å². The highest BCUT2D eigenvalue weighted by Crippen LogP contribution is 2.31. The second-order valence-corrected chi connectivity index (χ2v) is 6.29. The van der Waals surface area contributed by atoms with Crippen LogP contribution in [0, 0.1) is 13.8 Å². The van der Waals surface area contributed by atoms with E-state index in [1.165, 1.54) is 0 Å². The highest BCUT2D eigenvalue weighted by Gasteiger charge is 2.29. The lowest BCUT2D eigenvalue weighted by atomic mass is 10.0. The number of aromatic nitrogens is 2. The molecule has 0 fully saturated rings. The molecule has 4 rings (SSSR count). The van der Waals surface area contributed by atoms with Crippen molar-refractivity contribution in [2.45, 2.75) is 33.2 Å². The molecule has 0 bridgehead atoms. The molecule has 0 saturated heterocycles. The van der Waals surface area contributed by atoms with Crippen LogP contribution in [0.15, 0.2) is 46.9 Å². The first-order valence-corrected chi connectivity index (χ1v) is 8.40. The van der Waals surface area contributed by atoms with Crippen molar-refractivity contribution in [3.05, 3.63) is 65.2 Å². The van der Waals surface area contributed by atoms with Gasteiger partial charge >= 0.3 is 0 Å². The molecule has 0 N–H and O–H groups in total. The third-order valence-electron chi connectivity index (χ3n) is 4.48. The standard InChI is InChI=1S/C20H19N3O2/c1-13-8-9-16(25-13)12-23-18(24)11-10-17-14(2)21-19(22-20(17)23)15-6-4-3-5-7-15/h3-9H,10-12H2,1-2H3. The minimum atomic E-state index is 0.0682. The maximum Gasteiger partial charge on any atom is 0.228 e. The molecule has 0 unspecified atom stereocenters. The van der Waals surface area contributed by atoms with Crippen molar-refractivity contribution in [3.63, 3.8) is 0 Å². The zero-order chi connectivity index (χ0) is 17.4. The molecular formula is C20H19N3O2. The van der Waals surface area contributed by atoms with Gasteiger partial charge in [-0.3, -0.25) is 9.69 Å². The molecule has 2 aromatic heterocycles. The van der Waals surface area contributed by atoms with Crippen molar-refractivity contribution in [1.82, 2.24) is 9.97 Å². The van der Waals surface area contributed by atoms with Gasteiger partial charge in [0, 0.05) is 23.2 Å². The number of fused-ring (bicyclic) bond motifs is 1. The van der Waals surface area contributed by atoms with Gasteiger partial charge < -0.3 is 4.42 Å². The second kappa shape index (κ2) is 6.16. The Bertz CT molecular complexity index is 931. The summed E-state index contributed by atoms with van der Waals surface area (Å²) in [5.41, 5.74) is 2.92. The molecule has 0 atom stereocenters. The molecule has 5 nitrogen and oxygen atoms in total. The van der Waals surface area contributed by atoms with Gasteiger partial charge in [-0.25, -0.2) is 9.97 Å². The zero-order valence-electron chi connectivity index (χ0n) is 14.3. The number of benzene rings is 1. The Kier molecular flexibility index (Phi) is 3.84. The third kappa shape index (κ3) is 2.93. The summed E-state index contributed by atoms with van der Waals surface area (Å²) in [6, 6.07) is 13.7. The van der Waals surface area contributed by atoms with Crippen LogP contribution in [0.1, 0.15) is 29.2 Å². The Morgan fingerprint density at radius 1 is 1.04 bits per heavy atom. The first kappa shape index (κ1) is 15.6. The van der Waals surface area contributed by atoms with Crippen LogP contribution in [0.5, 0.6) is 0 Å². The molecule has 0 spiro atoms. The average Bonchev–Trinajstić information content (AvgIpc) is 3.03. The van der Waals surface area contributed by atoms with Crippen LogP contribution in [0.3, 0.4) is 0 Å². The Hall–Kier alpha value is -2.95. The lowest BCUT2D eigenvalue weighted by Gasteiger charge is -2.28. The maximum atomic E-state index is 12.6. The fourth-order valence-corrected chi connectivity index (χ4v) is 3.19. The molecule has 126 valence electrons. The van der Waals surface area contributed by atoms with Crippen molar-refractivity contribution in [2.75, 3.05) is 4.90 Å². The number of carbonyl (C=O) groups excluding carboxylic acids is 1. The van der Waals surface area contributed by atoms with E-state index in [2.05, 4.69) is 4.98 Å². The van der Waals surface area contributed by atoms with Crippen LogP contribution in [-0.4, -0.2) is 15.9 Å². The Morgan fingerprint density at radius 2 is 1.84 bits per heavy atom. The Balaban J connectivity index is 1.79. The van der Waals surface area contributed by atoms with Crippen LogP contribution in [0.25, 0.3) is 11.4 Å². The van der Waals surface area contributed by atoms with E-state index in [0.29, 0.717) is 31.0 Å². The van der Waals surface area contributed by atoms with E-state index >= 15 is 0 Å². The van der Waals surface area contributed by atoms with Crippen molar-refractivity contribution in [2.24, 2.45) is 0 Å². The highest BCUT2D eigenvalue weighted by molar-refractivity contribution is 5.95. The van der Waals surface area contributed by atoms with Gasteiger partial charge in [0.15, 0.2) is 5.82 Å². The van der Waals surface area contributed by atoms with E-state index in [1.807, 2.05) is 56.3 Å². The van der Waals surface area contributed by atoms with Gasteiger partial charge in [0.1, 0.15) is 17.3 Å². The van der Waals surface area contributed by atoms with Gasteiger partial charge in [-0.05, 0) is 32.4 Å². The van der Waals surface area contributed by atoms with Crippen molar-refractivity contribution in [1.29, 1.82) is 0 Å². The largest absolute Gasteiger partial charge is 0.464 e. The SMILES string of the molecule is Cc1ccc(CN2C(=O)CCc3c(C)nc(-c4ccccc4)nc32)o1. The first-order chi connectivity index (χ1) is 12.1. The molecule has 1 aliphatic rings. The van der Waals surface area contributed by atoms with Gasteiger partial charge in [-0.1, -0.05) is 30.3 Å². The number of nitrogens with zero attached hydrogens (tertiary/aromatic N) is 3. The summed E-state index contributed by atoms with van der Waals surface area (Å²) < 4.78 is 5.66. The molecule has 1 aromatic carbocycles. The zero-order valence-corrected chi connectivity index (χ0v) is 14.3. The molecule has 0 radical (unpaired) electrons. The Morgan fingerprint density at radius 3 is 2.56 bits per heavy atom. The summed E-state index contributed by atoms with van der Waals surface area (Å²) in [7, 11) is 0. The number of hydrogen-bond acceptors (Lipinski definition) is 4. The fraction of sp³-hybridized carbons (Fsp3) is 0.250. The summed E-state index contributed by atoms with van der Waals surface area (Å²) in [5.74, 6) is 3.02. The van der Waals surface area contributed by atoms with Crippen molar-refractivity contribution in [3.8, 4) is 11.4 Å². The van der Waals surface area contributed by atoms with Gasteiger partial charge in [-0.15, -0.1) is 0 Å². The molecule has 25 heavy (non-hydrogen) atoms. The minimum absolute atomic E-state index is 0.0682. The Labute approximate surface area is 146 Å². The number of aryl methyl sites for hydroxylation is 2. The first-order valence-electron chi connectivity index (χ1n) is 8.40. The number of hydrogen-bond donors (Lipinski definition) is 0. The van der Waals surface area contributed by atoms with E-state index in [-0.39, 0.29) is 5.91 Å². The highest BCUT2D eigenvalue weighted by atomic mass is 16.3. The van der Waals surface area contributed by atoms with Crippen molar-refractivity contribution < 1.29 is 9.21 Å². The smallest absolute Gasteiger partial charge is 0.228 e. The summed E-state index contributed by atoms with van der Waals surface area (Å²) >= 11 is 0. The fourth-order valence-electron chi connectivity index (χ4n) is 3.19. The van der Waals surface area contributed by atoms with E-state index in [0.717, 1.165) is 28.3 Å². The molecule has 3 heterocycles. The number of furan rings is 1. The topological polar surface area (TPSA) is 59.2 Å². The van der Waals surface area contributed by atoms with Crippen LogP contribution in [0.2, 0.25) is 0 Å².